The molecule has 1 unspecified atom stereocenters. The predicted molar refractivity (Wildman–Crippen MR) is 72.7 cm³/mol. The first-order chi connectivity index (χ1) is 9.20. The Morgan fingerprint density at radius 2 is 2.11 bits per heavy atom. The van der Waals surface area contributed by atoms with Gasteiger partial charge in [-0.3, -0.25) is 0 Å². The molecule has 1 atom stereocenters. The van der Waals surface area contributed by atoms with Crippen molar-refractivity contribution in [2.24, 2.45) is 0 Å². The number of anilines is 2. The number of morpholine rings is 1. The van der Waals surface area contributed by atoms with Crippen LogP contribution in [0.15, 0.2) is 12.4 Å². The van der Waals surface area contributed by atoms with Crippen LogP contribution in [-0.2, 0) is 9.47 Å². The summed E-state index contributed by atoms with van der Waals surface area (Å²) in [6, 6.07) is 0. The molecule has 0 aromatic carbocycles. The normalized spacial score (nSPS) is 26.9. The minimum absolute atomic E-state index is 0.153. The SMILES string of the molecule is CN(C)c1nccnc1N1CCOC2(CCOC2)C1. The van der Waals surface area contributed by atoms with Gasteiger partial charge in [0.15, 0.2) is 11.6 Å². The van der Waals surface area contributed by atoms with E-state index in [0.717, 1.165) is 37.8 Å². The molecule has 2 aliphatic heterocycles. The topological polar surface area (TPSA) is 50.7 Å². The lowest BCUT2D eigenvalue weighted by atomic mass is 10.0. The first-order valence-corrected chi connectivity index (χ1v) is 6.65. The van der Waals surface area contributed by atoms with Gasteiger partial charge >= 0.3 is 0 Å². The van der Waals surface area contributed by atoms with Crippen LogP contribution in [0.5, 0.6) is 0 Å². The summed E-state index contributed by atoms with van der Waals surface area (Å²) in [5.41, 5.74) is -0.153. The van der Waals surface area contributed by atoms with Gasteiger partial charge in [0.25, 0.3) is 0 Å². The van der Waals surface area contributed by atoms with Crippen molar-refractivity contribution >= 4 is 11.6 Å². The molecule has 0 aliphatic carbocycles. The van der Waals surface area contributed by atoms with Crippen LogP contribution in [0.4, 0.5) is 11.6 Å². The Morgan fingerprint density at radius 1 is 1.26 bits per heavy atom. The maximum atomic E-state index is 5.95. The summed E-state index contributed by atoms with van der Waals surface area (Å²) in [7, 11) is 3.98. The second-order valence-electron chi connectivity index (χ2n) is 5.35. The summed E-state index contributed by atoms with van der Waals surface area (Å²) in [5, 5.41) is 0. The number of rotatable bonds is 2. The van der Waals surface area contributed by atoms with Gasteiger partial charge in [-0.05, 0) is 0 Å². The Morgan fingerprint density at radius 3 is 2.84 bits per heavy atom. The average molecular weight is 264 g/mol. The Balaban J connectivity index is 1.85. The van der Waals surface area contributed by atoms with Gasteiger partial charge in [0.2, 0.25) is 0 Å². The summed E-state index contributed by atoms with van der Waals surface area (Å²) < 4.78 is 11.5. The van der Waals surface area contributed by atoms with Crippen LogP contribution in [0.2, 0.25) is 0 Å². The summed E-state index contributed by atoms with van der Waals surface area (Å²) in [6.45, 7) is 3.86. The second kappa shape index (κ2) is 4.94. The molecule has 0 N–H and O–H groups in total. The first kappa shape index (κ1) is 12.6. The molecule has 2 saturated heterocycles. The third-order valence-corrected chi connectivity index (χ3v) is 3.70. The van der Waals surface area contributed by atoms with E-state index in [1.54, 1.807) is 12.4 Å². The monoisotopic (exact) mass is 264 g/mol. The molecular formula is C13H20N4O2. The lowest BCUT2D eigenvalue weighted by molar-refractivity contribution is -0.0581. The molecule has 0 bridgehead atoms. The molecule has 3 rings (SSSR count). The van der Waals surface area contributed by atoms with Crippen LogP contribution >= 0.6 is 0 Å². The molecule has 19 heavy (non-hydrogen) atoms. The van der Waals surface area contributed by atoms with Gasteiger partial charge < -0.3 is 19.3 Å². The van der Waals surface area contributed by atoms with E-state index in [9.17, 15) is 0 Å². The lowest BCUT2D eigenvalue weighted by Gasteiger charge is -2.40. The minimum Gasteiger partial charge on any atom is -0.378 e. The highest BCUT2D eigenvalue weighted by Gasteiger charge is 2.41. The standard InChI is InChI=1S/C13H20N4O2/c1-16(2)11-12(15-5-4-14-11)17-6-8-19-13(9-17)3-7-18-10-13/h4-5H,3,6-10H2,1-2H3. The van der Waals surface area contributed by atoms with Crippen molar-refractivity contribution in [2.75, 3.05) is 56.8 Å². The highest BCUT2D eigenvalue weighted by Crippen LogP contribution is 2.31. The van der Waals surface area contributed by atoms with E-state index < -0.39 is 0 Å². The van der Waals surface area contributed by atoms with Crippen molar-refractivity contribution in [3.05, 3.63) is 12.4 Å². The Hall–Kier alpha value is -1.40. The maximum Gasteiger partial charge on any atom is 0.172 e. The Bertz CT molecular complexity index is 446. The lowest BCUT2D eigenvalue weighted by Crippen LogP contribution is -2.53. The zero-order valence-electron chi connectivity index (χ0n) is 11.5. The maximum absolute atomic E-state index is 5.95. The highest BCUT2D eigenvalue weighted by molar-refractivity contribution is 5.61. The fourth-order valence-corrected chi connectivity index (χ4v) is 2.71. The molecule has 1 aromatic heterocycles. The quantitative estimate of drug-likeness (QED) is 0.777. The fraction of sp³-hybridized carbons (Fsp3) is 0.692. The van der Waals surface area contributed by atoms with E-state index in [1.807, 2.05) is 19.0 Å². The van der Waals surface area contributed by atoms with Gasteiger partial charge in [0.05, 0.1) is 19.8 Å². The molecule has 1 spiro atoms. The van der Waals surface area contributed by atoms with E-state index in [2.05, 4.69) is 14.9 Å². The molecule has 0 saturated carbocycles. The van der Waals surface area contributed by atoms with E-state index in [0.29, 0.717) is 13.2 Å². The van der Waals surface area contributed by atoms with Crippen molar-refractivity contribution < 1.29 is 9.47 Å². The molecule has 0 radical (unpaired) electrons. The molecule has 6 nitrogen and oxygen atoms in total. The number of hydrogen-bond donors (Lipinski definition) is 0. The highest BCUT2D eigenvalue weighted by atomic mass is 16.6. The predicted octanol–water partition coefficient (Wildman–Crippen LogP) is 0.538. The van der Waals surface area contributed by atoms with E-state index in [-0.39, 0.29) is 5.60 Å². The largest absolute Gasteiger partial charge is 0.378 e. The van der Waals surface area contributed by atoms with Crippen molar-refractivity contribution in [2.45, 2.75) is 12.0 Å². The van der Waals surface area contributed by atoms with Crippen LogP contribution in [0.25, 0.3) is 0 Å². The van der Waals surface area contributed by atoms with Gasteiger partial charge in [-0.2, -0.15) is 0 Å². The molecule has 1 aromatic rings. The van der Waals surface area contributed by atoms with Gasteiger partial charge in [-0.15, -0.1) is 0 Å². The van der Waals surface area contributed by atoms with E-state index in [1.165, 1.54) is 0 Å². The molecule has 104 valence electrons. The van der Waals surface area contributed by atoms with Crippen LogP contribution in [0, 0.1) is 0 Å². The number of aromatic nitrogens is 2. The minimum atomic E-state index is -0.153. The number of nitrogens with zero attached hydrogens (tertiary/aromatic N) is 4. The Kier molecular flexibility index (Phi) is 3.28. The van der Waals surface area contributed by atoms with Crippen molar-refractivity contribution in [1.29, 1.82) is 0 Å². The van der Waals surface area contributed by atoms with Crippen molar-refractivity contribution in [3.63, 3.8) is 0 Å². The van der Waals surface area contributed by atoms with Gasteiger partial charge in [-0.1, -0.05) is 0 Å². The van der Waals surface area contributed by atoms with E-state index in [4.69, 9.17) is 9.47 Å². The molecule has 3 heterocycles. The van der Waals surface area contributed by atoms with Crippen LogP contribution in [0.3, 0.4) is 0 Å². The van der Waals surface area contributed by atoms with Crippen LogP contribution in [-0.4, -0.2) is 62.6 Å². The summed E-state index contributed by atoms with van der Waals surface area (Å²) >= 11 is 0. The van der Waals surface area contributed by atoms with Crippen molar-refractivity contribution in [1.82, 2.24) is 9.97 Å². The third-order valence-electron chi connectivity index (χ3n) is 3.70. The summed E-state index contributed by atoms with van der Waals surface area (Å²) in [5.74, 6) is 1.83. The average Bonchev–Trinajstić information content (AvgIpc) is 2.86. The molecule has 6 heteroatoms. The zero-order chi connectivity index (χ0) is 13.3. The second-order valence-corrected chi connectivity index (χ2v) is 5.35. The third kappa shape index (κ3) is 2.37. The molecule has 2 fully saturated rings. The summed E-state index contributed by atoms with van der Waals surface area (Å²) in [4.78, 5) is 13.2. The van der Waals surface area contributed by atoms with Crippen LogP contribution < -0.4 is 9.80 Å². The summed E-state index contributed by atoms with van der Waals surface area (Å²) in [6.07, 6.45) is 4.43. The van der Waals surface area contributed by atoms with Gasteiger partial charge in [0.1, 0.15) is 5.60 Å². The number of hydrogen-bond acceptors (Lipinski definition) is 6. The zero-order valence-corrected chi connectivity index (χ0v) is 11.5. The van der Waals surface area contributed by atoms with Gasteiger partial charge in [-0.25, -0.2) is 9.97 Å². The molecule has 2 aliphatic rings. The molecule has 0 amide bonds. The molecular weight excluding hydrogens is 244 g/mol. The van der Waals surface area contributed by atoms with Crippen LogP contribution in [0.1, 0.15) is 6.42 Å². The smallest absolute Gasteiger partial charge is 0.172 e. The fourth-order valence-electron chi connectivity index (χ4n) is 2.71. The van der Waals surface area contributed by atoms with Gasteiger partial charge in [0, 0.05) is 46.1 Å². The number of ether oxygens (including phenoxy) is 2. The van der Waals surface area contributed by atoms with E-state index >= 15 is 0 Å². The Labute approximate surface area is 113 Å². The first-order valence-electron chi connectivity index (χ1n) is 6.65. The van der Waals surface area contributed by atoms with Crippen molar-refractivity contribution in [3.8, 4) is 0 Å².